The highest BCUT2D eigenvalue weighted by molar-refractivity contribution is 8.51. The highest BCUT2D eigenvalue weighted by Crippen LogP contribution is 2.37. The van der Waals surface area contributed by atoms with Crippen LogP contribution in [0.4, 0.5) is 0 Å². The lowest BCUT2D eigenvalue weighted by atomic mass is 10.4. The van der Waals surface area contributed by atoms with Crippen molar-refractivity contribution in [3.05, 3.63) is 0 Å². The number of rotatable bonds is 7. The molecule has 0 aliphatic carbocycles. The predicted octanol–water partition coefficient (Wildman–Crippen LogP) is 4.21. The number of hydrogen-bond acceptors (Lipinski definition) is 2. The van der Waals surface area contributed by atoms with E-state index in [2.05, 4.69) is 43.9 Å². The first-order valence-corrected chi connectivity index (χ1v) is 8.24. The minimum Gasteiger partial charge on any atom is -0.157 e. The molecule has 0 amide bonds. The van der Waals surface area contributed by atoms with Crippen LogP contribution in [-0.2, 0) is 0 Å². The molecule has 0 aliphatic rings. The van der Waals surface area contributed by atoms with Crippen molar-refractivity contribution in [1.82, 2.24) is 0 Å². The van der Waals surface area contributed by atoms with Crippen molar-refractivity contribution in [2.24, 2.45) is 0 Å². The Bertz CT molecular complexity index is 78.5. The Morgan fingerprint density at radius 2 is 2.09 bits per heavy atom. The van der Waals surface area contributed by atoms with Crippen LogP contribution in [0.5, 0.6) is 0 Å². The SMILES string of the molecule is CCCSCPSC(C)CC. The third-order valence-corrected chi connectivity index (χ3v) is 7.02. The van der Waals surface area contributed by atoms with Crippen LogP contribution >= 0.6 is 30.9 Å². The van der Waals surface area contributed by atoms with Gasteiger partial charge < -0.3 is 0 Å². The molecule has 0 N–H and O–H groups in total. The van der Waals surface area contributed by atoms with Gasteiger partial charge in [0.15, 0.2) is 0 Å². The van der Waals surface area contributed by atoms with Gasteiger partial charge in [-0.2, -0.15) is 11.8 Å². The maximum Gasteiger partial charge on any atom is 0.0201 e. The quantitative estimate of drug-likeness (QED) is 0.456. The third kappa shape index (κ3) is 9.04. The molecule has 0 aromatic rings. The van der Waals surface area contributed by atoms with E-state index in [1.807, 2.05) is 0 Å². The van der Waals surface area contributed by atoms with E-state index in [9.17, 15) is 0 Å². The second-order valence-corrected chi connectivity index (χ2v) is 7.41. The van der Waals surface area contributed by atoms with E-state index >= 15 is 0 Å². The van der Waals surface area contributed by atoms with E-state index in [1.54, 1.807) is 0 Å². The Kier molecular flexibility index (Phi) is 10.2. The van der Waals surface area contributed by atoms with Gasteiger partial charge in [0.1, 0.15) is 0 Å². The van der Waals surface area contributed by atoms with Gasteiger partial charge in [-0.1, -0.05) is 28.6 Å². The molecule has 2 unspecified atom stereocenters. The molecular weight excluding hydrogens is 191 g/mol. The van der Waals surface area contributed by atoms with Gasteiger partial charge in [-0.25, -0.2) is 0 Å². The summed E-state index contributed by atoms with van der Waals surface area (Å²) in [5.74, 6) is 1.34. The van der Waals surface area contributed by atoms with Gasteiger partial charge in [0, 0.05) is 10.7 Å². The molecule has 0 rings (SSSR count). The fourth-order valence-electron chi connectivity index (χ4n) is 0.518. The van der Waals surface area contributed by atoms with Crippen LogP contribution in [0.25, 0.3) is 0 Å². The van der Waals surface area contributed by atoms with E-state index in [1.165, 1.54) is 24.1 Å². The fourth-order valence-corrected chi connectivity index (χ4v) is 5.16. The zero-order chi connectivity index (χ0) is 8.53. The van der Waals surface area contributed by atoms with Crippen LogP contribution in [0.15, 0.2) is 0 Å². The molecule has 0 bridgehead atoms. The second kappa shape index (κ2) is 9.22. The Morgan fingerprint density at radius 3 is 2.64 bits per heavy atom. The molecule has 11 heavy (non-hydrogen) atoms. The lowest BCUT2D eigenvalue weighted by molar-refractivity contribution is 0.912. The first-order valence-electron chi connectivity index (χ1n) is 4.27. The van der Waals surface area contributed by atoms with Crippen LogP contribution < -0.4 is 0 Å². The monoisotopic (exact) mass is 210 g/mol. The van der Waals surface area contributed by atoms with Gasteiger partial charge in [0.2, 0.25) is 0 Å². The molecule has 0 fully saturated rings. The molecule has 0 saturated heterocycles. The van der Waals surface area contributed by atoms with E-state index < -0.39 is 0 Å². The molecule has 68 valence electrons. The van der Waals surface area contributed by atoms with Crippen LogP contribution in [0.2, 0.25) is 0 Å². The Morgan fingerprint density at radius 1 is 1.36 bits per heavy atom. The summed E-state index contributed by atoms with van der Waals surface area (Å²) in [6, 6.07) is 0. The molecule has 0 aromatic carbocycles. The average molecular weight is 210 g/mol. The molecule has 2 atom stereocenters. The highest BCUT2D eigenvalue weighted by atomic mass is 32.7. The zero-order valence-electron chi connectivity index (χ0n) is 7.72. The number of hydrogen-bond donors (Lipinski definition) is 0. The Hall–Kier alpha value is 1.13. The van der Waals surface area contributed by atoms with Crippen molar-refractivity contribution >= 4 is 30.9 Å². The van der Waals surface area contributed by atoms with Crippen molar-refractivity contribution in [2.75, 3.05) is 11.2 Å². The lowest BCUT2D eigenvalue weighted by Crippen LogP contribution is -1.87. The summed E-state index contributed by atoms with van der Waals surface area (Å²) in [5, 5.41) is 0.871. The van der Waals surface area contributed by atoms with Gasteiger partial charge in [-0.3, -0.25) is 0 Å². The van der Waals surface area contributed by atoms with E-state index in [-0.39, 0.29) is 0 Å². The van der Waals surface area contributed by atoms with Crippen molar-refractivity contribution in [2.45, 2.75) is 38.9 Å². The highest BCUT2D eigenvalue weighted by Gasteiger charge is 1.97. The van der Waals surface area contributed by atoms with Crippen LogP contribution in [-0.4, -0.2) is 16.5 Å². The Labute approximate surface area is 81.2 Å². The summed E-state index contributed by atoms with van der Waals surface area (Å²) in [5.41, 5.74) is 1.36. The van der Waals surface area contributed by atoms with Crippen molar-refractivity contribution in [3.63, 3.8) is 0 Å². The molecule has 0 aliphatic heterocycles. The molecule has 0 nitrogen and oxygen atoms in total. The molecule has 0 saturated carbocycles. The van der Waals surface area contributed by atoms with Gasteiger partial charge in [0.05, 0.1) is 0 Å². The van der Waals surface area contributed by atoms with Gasteiger partial charge >= 0.3 is 0 Å². The largest absolute Gasteiger partial charge is 0.157 e. The van der Waals surface area contributed by atoms with E-state index in [0.29, 0.717) is 0 Å². The standard InChI is InChI=1S/C8H19PS2/c1-4-6-10-7-9-11-8(3)5-2/h8-9H,4-7H2,1-3H3. The minimum atomic E-state index is 0.871. The van der Waals surface area contributed by atoms with Crippen LogP contribution in [0.1, 0.15) is 33.6 Å². The van der Waals surface area contributed by atoms with Crippen molar-refractivity contribution in [1.29, 1.82) is 0 Å². The summed E-state index contributed by atoms with van der Waals surface area (Å²) < 4.78 is 0. The topological polar surface area (TPSA) is 0 Å². The van der Waals surface area contributed by atoms with Gasteiger partial charge in [-0.05, 0) is 18.6 Å². The van der Waals surface area contributed by atoms with Crippen molar-refractivity contribution in [3.8, 4) is 0 Å². The summed E-state index contributed by atoms with van der Waals surface area (Å²) in [7, 11) is 1.11. The smallest absolute Gasteiger partial charge is 0.0201 e. The maximum atomic E-state index is 2.32. The fraction of sp³-hybridized carbons (Fsp3) is 1.00. The predicted molar refractivity (Wildman–Crippen MR) is 63.3 cm³/mol. The molecule has 0 spiro atoms. The zero-order valence-corrected chi connectivity index (χ0v) is 10.4. The molecule has 3 heteroatoms. The van der Waals surface area contributed by atoms with Crippen molar-refractivity contribution < 1.29 is 0 Å². The van der Waals surface area contributed by atoms with Crippen LogP contribution in [0.3, 0.4) is 0 Å². The normalized spacial score (nSPS) is 14.5. The van der Waals surface area contributed by atoms with E-state index in [4.69, 9.17) is 0 Å². The molecule has 0 radical (unpaired) electrons. The first-order chi connectivity index (χ1) is 5.31. The summed E-state index contributed by atoms with van der Waals surface area (Å²) >= 11 is 4.23. The van der Waals surface area contributed by atoms with Gasteiger partial charge in [0.25, 0.3) is 0 Å². The second-order valence-electron chi connectivity index (χ2n) is 2.53. The molecule has 0 aromatic heterocycles. The summed E-state index contributed by atoms with van der Waals surface area (Å²) in [6.07, 6.45) is 2.64. The van der Waals surface area contributed by atoms with E-state index in [0.717, 1.165) is 13.0 Å². The third-order valence-electron chi connectivity index (χ3n) is 1.37. The van der Waals surface area contributed by atoms with Gasteiger partial charge in [-0.15, -0.1) is 11.4 Å². The Balaban J connectivity index is 2.89. The summed E-state index contributed by atoms with van der Waals surface area (Å²) in [6.45, 7) is 6.83. The molecule has 0 heterocycles. The number of thioether (sulfide) groups is 1. The maximum absolute atomic E-state index is 2.32. The summed E-state index contributed by atoms with van der Waals surface area (Å²) in [4.78, 5) is 0. The minimum absolute atomic E-state index is 0.871. The first kappa shape index (κ1) is 12.1. The average Bonchev–Trinajstić information content (AvgIpc) is 2.04. The van der Waals surface area contributed by atoms with Crippen LogP contribution in [0, 0.1) is 0 Å². The molecular formula is C8H19PS2. The lowest BCUT2D eigenvalue weighted by Gasteiger charge is -2.06.